The molecule has 1 aromatic rings. The minimum Gasteiger partial charge on any atom is -0.339 e. The first-order valence-corrected chi connectivity index (χ1v) is 6.19. The van der Waals surface area contributed by atoms with Crippen LogP contribution in [-0.4, -0.2) is 41.7 Å². The minimum atomic E-state index is 0. The molecule has 5 nitrogen and oxygen atoms in total. The van der Waals surface area contributed by atoms with Crippen molar-refractivity contribution in [3.05, 3.63) is 11.7 Å². The second-order valence-electron chi connectivity index (χ2n) is 5.98. The first-order chi connectivity index (χ1) is 7.96. The van der Waals surface area contributed by atoms with Crippen molar-refractivity contribution in [1.29, 1.82) is 0 Å². The van der Waals surface area contributed by atoms with Crippen LogP contribution in [0.15, 0.2) is 4.52 Å². The van der Waals surface area contributed by atoms with E-state index in [9.17, 15) is 0 Å². The first kappa shape index (κ1) is 15.4. The molecule has 1 unspecified atom stereocenters. The third-order valence-corrected chi connectivity index (χ3v) is 2.97. The summed E-state index contributed by atoms with van der Waals surface area (Å²) in [7, 11) is 2.10. The molecule has 18 heavy (non-hydrogen) atoms. The average molecular weight is 275 g/mol. The summed E-state index contributed by atoms with van der Waals surface area (Å²) >= 11 is 0. The Kier molecular flexibility index (Phi) is 5.13. The molecule has 104 valence electrons. The summed E-state index contributed by atoms with van der Waals surface area (Å²) in [5.41, 5.74) is 0.181. The molecule has 0 bridgehead atoms. The van der Waals surface area contributed by atoms with Crippen molar-refractivity contribution < 1.29 is 4.52 Å². The molecule has 1 atom stereocenters. The predicted octanol–water partition coefficient (Wildman–Crippen LogP) is 1.66. The number of aromatic nitrogens is 2. The van der Waals surface area contributed by atoms with E-state index in [-0.39, 0.29) is 23.9 Å². The van der Waals surface area contributed by atoms with Crippen molar-refractivity contribution in [3.63, 3.8) is 0 Å². The SMILES string of the molecule is CN1CCNCC1c1noc(CC(C)(C)C)n1.Cl. The lowest BCUT2D eigenvalue weighted by Gasteiger charge is -2.30. The number of likely N-dealkylation sites (N-methyl/N-ethyl adjacent to an activating group) is 1. The number of piperazine rings is 1. The number of hydrogen-bond donors (Lipinski definition) is 1. The van der Waals surface area contributed by atoms with Crippen LogP contribution in [0.5, 0.6) is 0 Å². The van der Waals surface area contributed by atoms with Gasteiger partial charge in [0, 0.05) is 26.1 Å². The van der Waals surface area contributed by atoms with Crippen LogP contribution in [0, 0.1) is 5.41 Å². The summed E-state index contributed by atoms with van der Waals surface area (Å²) in [6, 6.07) is 0.237. The van der Waals surface area contributed by atoms with E-state index in [0.717, 1.165) is 37.8 Å². The zero-order valence-electron chi connectivity index (χ0n) is 11.6. The van der Waals surface area contributed by atoms with E-state index in [2.05, 4.69) is 48.2 Å². The molecule has 0 aromatic carbocycles. The maximum atomic E-state index is 5.33. The van der Waals surface area contributed by atoms with E-state index < -0.39 is 0 Å². The van der Waals surface area contributed by atoms with E-state index in [0.29, 0.717) is 0 Å². The van der Waals surface area contributed by atoms with Gasteiger partial charge in [-0.3, -0.25) is 4.90 Å². The van der Waals surface area contributed by atoms with Crippen LogP contribution in [-0.2, 0) is 6.42 Å². The van der Waals surface area contributed by atoms with Crippen molar-refractivity contribution in [2.24, 2.45) is 5.41 Å². The molecule has 1 aliphatic rings. The Morgan fingerprint density at radius 1 is 1.44 bits per heavy atom. The second-order valence-corrected chi connectivity index (χ2v) is 5.98. The van der Waals surface area contributed by atoms with Crippen molar-refractivity contribution in [3.8, 4) is 0 Å². The van der Waals surface area contributed by atoms with Crippen LogP contribution < -0.4 is 5.32 Å². The monoisotopic (exact) mass is 274 g/mol. The molecule has 2 heterocycles. The Bertz CT molecular complexity index is 374. The van der Waals surface area contributed by atoms with Crippen LogP contribution in [0.1, 0.15) is 38.5 Å². The van der Waals surface area contributed by atoms with Gasteiger partial charge in [-0.25, -0.2) is 0 Å². The molecular weight excluding hydrogens is 252 g/mol. The Balaban J connectivity index is 0.00000162. The highest BCUT2D eigenvalue weighted by Gasteiger charge is 2.26. The van der Waals surface area contributed by atoms with Crippen molar-refractivity contribution in [1.82, 2.24) is 20.4 Å². The molecule has 1 N–H and O–H groups in total. The highest BCUT2D eigenvalue weighted by Crippen LogP contribution is 2.22. The maximum Gasteiger partial charge on any atom is 0.227 e. The lowest BCUT2D eigenvalue weighted by molar-refractivity contribution is 0.190. The van der Waals surface area contributed by atoms with Crippen LogP contribution in [0.25, 0.3) is 0 Å². The zero-order valence-corrected chi connectivity index (χ0v) is 12.4. The van der Waals surface area contributed by atoms with Crippen molar-refractivity contribution in [2.45, 2.75) is 33.2 Å². The smallest absolute Gasteiger partial charge is 0.227 e. The Morgan fingerprint density at radius 3 is 2.78 bits per heavy atom. The van der Waals surface area contributed by atoms with Gasteiger partial charge in [-0.15, -0.1) is 12.4 Å². The minimum absolute atomic E-state index is 0. The number of nitrogens with zero attached hydrogens (tertiary/aromatic N) is 3. The fraction of sp³-hybridized carbons (Fsp3) is 0.833. The van der Waals surface area contributed by atoms with E-state index in [1.54, 1.807) is 0 Å². The summed E-state index contributed by atoms with van der Waals surface area (Å²) in [6.45, 7) is 9.46. The largest absolute Gasteiger partial charge is 0.339 e. The van der Waals surface area contributed by atoms with Gasteiger partial charge < -0.3 is 9.84 Å². The van der Waals surface area contributed by atoms with E-state index >= 15 is 0 Å². The Hall–Kier alpha value is -0.650. The molecule has 0 spiro atoms. The molecule has 1 aromatic heterocycles. The second kappa shape index (κ2) is 5.99. The Morgan fingerprint density at radius 2 is 2.17 bits per heavy atom. The van der Waals surface area contributed by atoms with E-state index in [1.807, 2.05) is 0 Å². The lowest BCUT2D eigenvalue weighted by Crippen LogP contribution is -2.44. The molecule has 0 amide bonds. The van der Waals surface area contributed by atoms with Gasteiger partial charge in [-0.05, 0) is 12.5 Å². The highest BCUT2D eigenvalue weighted by molar-refractivity contribution is 5.85. The van der Waals surface area contributed by atoms with Crippen LogP contribution >= 0.6 is 12.4 Å². The van der Waals surface area contributed by atoms with Gasteiger partial charge in [-0.2, -0.15) is 4.98 Å². The molecule has 0 radical (unpaired) electrons. The fourth-order valence-electron chi connectivity index (χ4n) is 2.02. The third-order valence-electron chi connectivity index (χ3n) is 2.97. The number of halogens is 1. The number of nitrogens with one attached hydrogen (secondary N) is 1. The average Bonchev–Trinajstić information content (AvgIpc) is 2.64. The summed E-state index contributed by atoms with van der Waals surface area (Å²) < 4.78 is 5.33. The van der Waals surface area contributed by atoms with E-state index in [1.165, 1.54) is 0 Å². The van der Waals surface area contributed by atoms with Crippen LogP contribution in [0.4, 0.5) is 0 Å². The van der Waals surface area contributed by atoms with Gasteiger partial charge in [0.1, 0.15) is 0 Å². The van der Waals surface area contributed by atoms with Gasteiger partial charge in [0.05, 0.1) is 6.04 Å². The Labute approximate surface area is 115 Å². The summed E-state index contributed by atoms with van der Waals surface area (Å²) in [4.78, 5) is 6.78. The molecule has 0 aliphatic carbocycles. The summed E-state index contributed by atoms with van der Waals surface area (Å²) in [5.74, 6) is 1.55. The molecule has 6 heteroatoms. The standard InChI is InChI=1S/C12H22N4O.ClH/c1-12(2,3)7-10-14-11(15-17-10)9-8-13-5-6-16(9)4;/h9,13H,5-8H2,1-4H3;1H. The molecular formula is C12H23ClN4O. The molecule has 1 aliphatic heterocycles. The highest BCUT2D eigenvalue weighted by atomic mass is 35.5. The van der Waals surface area contributed by atoms with Crippen LogP contribution in [0.2, 0.25) is 0 Å². The van der Waals surface area contributed by atoms with E-state index in [4.69, 9.17) is 4.52 Å². The molecule has 2 rings (SSSR count). The summed E-state index contributed by atoms with van der Waals surface area (Å²) in [5, 5.41) is 7.46. The topological polar surface area (TPSA) is 54.2 Å². The predicted molar refractivity (Wildman–Crippen MR) is 72.9 cm³/mol. The number of rotatable bonds is 2. The number of hydrogen-bond acceptors (Lipinski definition) is 5. The van der Waals surface area contributed by atoms with Gasteiger partial charge in [0.2, 0.25) is 5.89 Å². The van der Waals surface area contributed by atoms with Crippen molar-refractivity contribution in [2.75, 3.05) is 26.7 Å². The van der Waals surface area contributed by atoms with Gasteiger partial charge in [0.25, 0.3) is 0 Å². The normalized spacial score (nSPS) is 21.7. The van der Waals surface area contributed by atoms with Crippen molar-refractivity contribution >= 4 is 12.4 Å². The quantitative estimate of drug-likeness (QED) is 0.889. The summed E-state index contributed by atoms with van der Waals surface area (Å²) in [6.07, 6.45) is 0.823. The van der Waals surface area contributed by atoms with Gasteiger partial charge >= 0.3 is 0 Å². The fourth-order valence-corrected chi connectivity index (χ4v) is 2.02. The molecule has 0 saturated carbocycles. The first-order valence-electron chi connectivity index (χ1n) is 6.19. The molecule has 1 saturated heterocycles. The van der Waals surface area contributed by atoms with Crippen LogP contribution in [0.3, 0.4) is 0 Å². The maximum absolute atomic E-state index is 5.33. The molecule has 1 fully saturated rings. The van der Waals surface area contributed by atoms with Gasteiger partial charge in [-0.1, -0.05) is 25.9 Å². The zero-order chi connectivity index (χ0) is 12.5. The lowest BCUT2D eigenvalue weighted by atomic mass is 9.92. The van der Waals surface area contributed by atoms with Gasteiger partial charge in [0.15, 0.2) is 5.82 Å². The third kappa shape index (κ3) is 3.93.